The van der Waals surface area contributed by atoms with Crippen molar-refractivity contribution in [1.29, 1.82) is 5.41 Å². The van der Waals surface area contributed by atoms with Crippen LogP contribution in [0.25, 0.3) is 0 Å². The highest BCUT2D eigenvalue weighted by molar-refractivity contribution is 8.00. The lowest BCUT2D eigenvalue weighted by atomic mass is 9.70. The zero-order chi connectivity index (χ0) is 20.1. The summed E-state index contributed by atoms with van der Waals surface area (Å²) < 4.78 is 15.5. The number of fused-ring (bicyclic) bond motifs is 1. The van der Waals surface area contributed by atoms with E-state index in [1.165, 1.54) is 23.9 Å². The largest absolute Gasteiger partial charge is 0.381 e. The van der Waals surface area contributed by atoms with Gasteiger partial charge in [-0.05, 0) is 60.7 Å². The van der Waals surface area contributed by atoms with E-state index in [0.717, 1.165) is 47.9 Å². The standard InChI is InChI=1S/C20H27FN6S/c1-20-10-14(11-22)18(26-17-5-3-16(21)4-6-17)9-15(20)7-8-27(13-20)28-19(24-2)12-25-23/h3-6,9,11-12,22,24-26H,7-8,10,13,23H2,1-2H3/b19-12+,22-11?. The average Bonchev–Trinajstić information content (AvgIpc) is 2.69. The summed E-state index contributed by atoms with van der Waals surface area (Å²) in [6, 6.07) is 6.30. The Labute approximate surface area is 169 Å². The number of benzene rings is 1. The number of hydrogen-bond donors (Lipinski definition) is 5. The van der Waals surface area contributed by atoms with Gasteiger partial charge in [-0.15, -0.1) is 0 Å². The van der Waals surface area contributed by atoms with Crippen molar-refractivity contribution in [1.82, 2.24) is 15.0 Å². The lowest BCUT2D eigenvalue weighted by Gasteiger charge is -2.44. The molecule has 3 rings (SSSR count). The van der Waals surface area contributed by atoms with Crippen molar-refractivity contribution in [2.45, 2.75) is 19.8 Å². The number of allylic oxidation sites excluding steroid dienone is 2. The molecule has 0 saturated carbocycles. The minimum atomic E-state index is -0.258. The molecule has 1 aliphatic heterocycles. The number of nitrogens with zero attached hydrogens (tertiary/aromatic N) is 1. The smallest absolute Gasteiger partial charge is 0.123 e. The molecule has 6 nitrogen and oxygen atoms in total. The van der Waals surface area contributed by atoms with Crippen LogP contribution >= 0.6 is 11.9 Å². The van der Waals surface area contributed by atoms with Crippen LogP contribution in [0, 0.1) is 16.6 Å². The molecular formula is C20H27FN6S. The van der Waals surface area contributed by atoms with Crippen molar-refractivity contribution in [3.63, 3.8) is 0 Å². The van der Waals surface area contributed by atoms with Crippen molar-refractivity contribution in [2.75, 3.05) is 25.5 Å². The van der Waals surface area contributed by atoms with Crippen LogP contribution in [0.3, 0.4) is 0 Å². The molecule has 0 radical (unpaired) electrons. The molecule has 0 amide bonds. The lowest BCUT2D eigenvalue weighted by molar-refractivity contribution is 0.245. The topological polar surface area (TPSA) is 89.2 Å². The number of piperidine rings is 1. The summed E-state index contributed by atoms with van der Waals surface area (Å²) in [7, 11) is 1.87. The quantitative estimate of drug-likeness (QED) is 0.208. The summed E-state index contributed by atoms with van der Waals surface area (Å²) in [5, 5.41) is 15.3. The normalized spacial score (nSPS) is 23.0. The van der Waals surface area contributed by atoms with Gasteiger partial charge < -0.3 is 21.5 Å². The summed E-state index contributed by atoms with van der Waals surface area (Å²) in [6.07, 6.45) is 7.08. The Kier molecular flexibility index (Phi) is 6.43. The first-order valence-electron chi connectivity index (χ1n) is 9.21. The molecule has 1 fully saturated rings. The maximum Gasteiger partial charge on any atom is 0.123 e. The first kappa shape index (κ1) is 20.4. The highest BCUT2D eigenvalue weighted by Crippen LogP contribution is 2.46. The van der Waals surface area contributed by atoms with E-state index in [9.17, 15) is 4.39 Å². The van der Waals surface area contributed by atoms with Crippen molar-refractivity contribution in [2.24, 2.45) is 11.3 Å². The van der Waals surface area contributed by atoms with E-state index >= 15 is 0 Å². The van der Waals surface area contributed by atoms with Crippen molar-refractivity contribution in [3.05, 3.63) is 64.2 Å². The summed E-state index contributed by atoms with van der Waals surface area (Å²) >= 11 is 1.65. The van der Waals surface area contributed by atoms with E-state index in [4.69, 9.17) is 11.3 Å². The summed E-state index contributed by atoms with van der Waals surface area (Å²) in [4.78, 5) is 0. The molecule has 8 heteroatoms. The van der Waals surface area contributed by atoms with Crippen LogP contribution in [0.4, 0.5) is 10.1 Å². The highest BCUT2D eigenvalue weighted by Gasteiger charge is 2.39. The van der Waals surface area contributed by atoms with Crippen LogP contribution in [0.1, 0.15) is 19.8 Å². The Morgan fingerprint density at radius 2 is 2.11 bits per heavy atom. The Morgan fingerprint density at radius 1 is 1.36 bits per heavy atom. The minimum Gasteiger partial charge on any atom is -0.381 e. The maximum atomic E-state index is 13.2. The molecule has 1 heterocycles. The zero-order valence-corrected chi connectivity index (χ0v) is 17.0. The van der Waals surface area contributed by atoms with Gasteiger partial charge in [0.05, 0.1) is 0 Å². The Balaban J connectivity index is 1.77. The fourth-order valence-electron chi connectivity index (χ4n) is 3.69. The molecule has 1 aromatic rings. The van der Waals surface area contributed by atoms with E-state index in [-0.39, 0.29) is 11.2 Å². The van der Waals surface area contributed by atoms with E-state index in [1.54, 1.807) is 30.3 Å². The van der Waals surface area contributed by atoms with E-state index < -0.39 is 0 Å². The second kappa shape index (κ2) is 8.81. The zero-order valence-electron chi connectivity index (χ0n) is 16.2. The predicted molar refractivity (Wildman–Crippen MR) is 115 cm³/mol. The molecule has 1 aliphatic carbocycles. The third-order valence-electron chi connectivity index (χ3n) is 5.16. The van der Waals surface area contributed by atoms with Crippen LogP contribution in [0.2, 0.25) is 0 Å². The molecule has 1 atom stereocenters. The van der Waals surface area contributed by atoms with Crippen LogP contribution in [0.15, 0.2) is 58.4 Å². The van der Waals surface area contributed by atoms with Gasteiger partial charge in [-0.2, -0.15) is 0 Å². The monoisotopic (exact) mass is 402 g/mol. The van der Waals surface area contributed by atoms with Gasteiger partial charge >= 0.3 is 0 Å². The average molecular weight is 403 g/mol. The molecule has 0 bridgehead atoms. The van der Waals surface area contributed by atoms with Gasteiger partial charge in [0.2, 0.25) is 0 Å². The van der Waals surface area contributed by atoms with Gasteiger partial charge in [0, 0.05) is 49.4 Å². The fraction of sp³-hybridized carbons (Fsp3) is 0.350. The van der Waals surface area contributed by atoms with Crippen molar-refractivity contribution in [3.8, 4) is 0 Å². The second-order valence-electron chi connectivity index (χ2n) is 7.25. The van der Waals surface area contributed by atoms with Gasteiger partial charge in [-0.25, -0.2) is 8.70 Å². The fourth-order valence-corrected chi connectivity index (χ4v) is 4.71. The van der Waals surface area contributed by atoms with E-state index in [0.29, 0.717) is 0 Å². The molecule has 150 valence electrons. The van der Waals surface area contributed by atoms with Crippen molar-refractivity contribution >= 4 is 23.8 Å². The predicted octanol–water partition coefficient (Wildman–Crippen LogP) is 3.31. The van der Waals surface area contributed by atoms with Gasteiger partial charge in [-0.1, -0.05) is 12.5 Å². The third kappa shape index (κ3) is 4.57. The van der Waals surface area contributed by atoms with Crippen LogP contribution in [-0.4, -0.2) is 30.7 Å². The molecule has 28 heavy (non-hydrogen) atoms. The number of hydrazine groups is 1. The molecule has 6 N–H and O–H groups in total. The number of rotatable bonds is 7. The Morgan fingerprint density at radius 3 is 2.75 bits per heavy atom. The first-order chi connectivity index (χ1) is 13.5. The molecule has 1 unspecified atom stereocenters. The summed E-state index contributed by atoms with van der Waals surface area (Å²) in [5.74, 6) is 5.14. The SMILES string of the molecule is CN/C(=C\NN)SN1CCC2=CC(Nc3ccc(F)cc3)=C(C=N)CC2(C)C1. The van der Waals surface area contributed by atoms with Crippen LogP contribution in [0.5, 0.6) is 0 Å². The summed E-state index contributed by atoms with van der Waals surface area (Å²) in [5.41, 5.74) is 6.63. The maximum absolute atomic E-state index is 13.2. The number of hydrogen-bond acceptors (Lipinski definition) is 7. The lowest BCUT2D eigenvalue weighted by Crippen LogP contribution is -2.42. The summed E-state index contributed by atoms with van der Waals surface area (Å²) in [6.45, 7) is 4.07. The molecular weight excluding hydrogens is 375 g/mol. The van der Waals surface area contributed by atoms with Gasteiger partial charge in [-0.3, -0.25) is 5.84 Å². The number of nitrogens with one attached hydrogen (secondary N) is 4. The number of anilines is 1. The minimum absolute atomic E-state index is 0.0267. The molecule has 1 saturated heterocycles. The number of nitrogens with two attached hydrogens (primary N) is 1. The van der Waals surface area contributed by atoms with E-state index in [1.807, 2.05) is 7.05 Å². The van der Waals surface area contributed by atoms with Crippen molar-refractivity contribution < 1.29 is 4.39 Å². The number of halogens is 1. The highest BCUT2D eigenvalue weighted by atomic mass is 32.2. The third-order valence-corrected chi connectivity index (χ3v) is 6.25. The van der Waals surface area contributed by atoms with Crippen LogP contribution in [-0.2, 0) is 0 Å². The molecule has 0 spiro atoms. The first-order valence-corrected chi connectivity index (χ1v) is 9.99. The molecule has 0 aromatic heterocycles. The van der Waals surface area contributed by atoms with Gasteiger partial charge in [0.1, 0.15) is 10.8 Å². The Hall–Kier alpha value is -2.29. The molecule has 1 aromatic carbocycles. The molecule has 2 aliphatic rings. The second-order valence-corrected chi connectivity index (χ2v) is 8.39. The van der Waals surface area contributed by atoms with Gasteiger partial charge in [0.25, 0.3) is 0 Å². The Bertz CT molecular complexity index is 816. The van der Waals surface area contributed by atoms with E-state index in [2.05, 4.69) is 33.4 Å². The van der Waals surface area contributed by atoms with Gasteiger partial charge in [0.15, 0.2) is 0 Å². The van der Waals surface area contributed by atoms with Crippen LogP contribution < -0.4 is 21.9 Å².